The van der Waals surface area contributed by atoms with Crippen LogP contribution in [0.15, 0.2) is 47.0 Å². The lowest BCUT2D eigenvalue weighted by atomic mass is 10.1. The van der Waals surface area contributed by atoms with E-state index in [1.54, 1.807) is 24.3 Å². The van der Waals surface area contributed by atoms with Gasteiger partial charge >= 0.3 is 0 Å². The quantitative estimate of drug-likeness (QED) is 0.747. The highest BCUT2D eigenvalue weighted by Crippen LogP contribution is 2.25. The summed E-state index contributed by atoms with van der Waals surface area (Å²) in [5, 5.41) is 16.1. The van der Waals surface area contributed by atoms with Crippen molar-refractivity contribution in [3.8, 4) is 17.0 Å². The molecule has 1 amide bonds. The van der Waals surface area contributed by atoms with E-state index in [4.69, 9.17) is 4.52 Å². The molecule has 128 valence electrons. The first-order valence-electron chi connectivity index (χ1n) is 8.01. The number of carbonyl (C=O) groups is 1. The topological polar surface area (TPSA) is 88.2 Å². The van der Waals surface area contributed by atoms with Crippen LogP contribution in [0.5, 0.6) is 5.75 Å². The second-order valence-corrected chi connectivity index (χ2v) is 5.78. The van der Waals surface area contributed by atoms with Crippen molar-refractivity contribution in [2.24, 2.45) is 0 Å². The van der Waals surface area contributed by atoms with E-state index in [0.29, 0.717) is 30.1 Å². The molecule has 3 aromatic rings. The molecule has 3 rings (SSSR count). The molecule has 0 bridgehead atoms. The Morgan fingerprint density at radius 2 is 1.92 bits per heavy atom. The van der Waals surface area contributed by atoms with Gasteiger partial charge in [-0.1, -0.05) is 23.4 Å². The second-order valence-electron chi connectivity index (χ2n) is 5.78. The van der Waals surface area contributed by atoms with Crippen LogP contribution in [-0.2, 0) is 6.42 Å². The Morgan fingerprint density at radius 3 is 2.60 bits per heavy atom. The summed E-state index contributed by atoms with van der Waals surface area (Å²) in [6.45, 7) is 4.15. The fourth-order valence-corrected chi connectivity index (χ4v) is 2.62. The number of aryl methyl sites for hydroxylation is 2. The van der Waals surface area contributed by atoms with Crippen molar-refractivity contribution in [1.29, 1.82) is 0 Å². The number of nitrogens with zero attached hydrogens (tertiary/aromatic N) is 2. The van der Waals surface area contributed by atoms with E-state index >= 15 is 0 Å². The third-order valence-corrected chi connectivity index (χ3v) is 3.91. The Hall–Kier alpha value is -3.15. The molecule has 1 aromatic carbocycles. The SMILES string of the molecule is Cc1noc(C)c1-c1cccc(C(=O)NCCc2ccc(O)cc2)n1. The van der Waals surface area contributed by atoms with Gasteiger partial charge in [0.25, 0.3) is 5.91 Å². The van der Waals surface area contributed by atoms with Crippen LogP contribution in [0, 0.1) is 13.8 Å². The molecular weight excluding hydrogens is 318 g/mol. The maximum absolute atomic E-state index is 12.3. The summed E-state index contributed by atoms with van der Waals surface area (Å²) in [4.78, 5) is 16.8. The minimum atomic E-state index is -0.229. The van der Waals surface area contributed by atoms with Crippen LogP contribution in [0.4, 0.5) is 0 Å². The number of amides is 1. The van der Waals surface area contributed by atoms with E-state index in [1.807, 2.05) is 32.0 Å². The monoisotopic (exact) mass is 337 g/mol. The normalized spacial score (nSPS) is 10.6. The molecule has 0 spiro atoms. The largest absolute Gasteiger partial charge is 0.508 e. The molecule has 6 nitrogen and oxygen atoms in total. The Balaban J connectivity index is 1.66. The first-order chi connectivity index (χ1) is 12.0. The molecule has 0 saturated heterocycles. The molecule has 2 N–H and O–H groups in total. The van der Waals surface area contributed by atoms with E-state index in [0.717, 1.165) is 16.8 Å². The summed E-state index contributed by atoms with van der Waals surface area (Å²) in [6, 6.07) is 12.2. The lowest BCUT2D eigenvalue weighted by Gasteiger charge is -2.07. The van der Waals surface area contributed by atoms with E-state index < -0.39 is 0 Å². The fourth-order valence-electron chi connectivity index (χ4n) is 2.62. The number of phenolic OH excluding ortho intramolecular Hbond substituents is 1. The fraction of sp³-hybridized carbons (Fsp3) is 0.211. The van der Waals surface area contributed by atoms with Gasteiger partial charge in [0, 0.05) is 6.54 Å². The van der Waals surface area contributed by atoms with Crippen LogP contribution in [0.1, 0.15) is 27.5 Å². The van der Waals surface area contributed by atoms with Gasteiger partial charge in [-0.2, -0.15) is 0 Å². The molecule has 0 radical (unpaired) electrons. The zero-order valence-corrected chi connectivity index (χ0v) is 14.1. The van der Waals surface area contributed by atoms with Gasteiger partial charge in [0.1, 0.15) is 17.2 Å². The number of rotatable bonds is 5. The van der Waals surface area contributed by atoms with Gasteiger partial charge < -0.3 is 14.9 Å². The molecule has 0 fully saturated rings. The van der Waals surface area contributed by atoms with Crippen molar-refractivity contribution in [3.63, 3.8) is 0 Å². The van der Waals surface area contributed by atoms with Crippen LogP contribution in [0.3, 0.4) is 0 Å². The Labute approximate surface area is 145 Å². The lowest BCUT2D eigenvalue weighted by Crippen LogP contribution is -2.26. The molecule has 0 aliphatic heterocycles. The maximum atomic E-state index is 12.3. The number of aromatic nitrogens is 2. The van der Waals surface area contributed by atoms with Crippen LogP contribution in [0.25, 0.3) is 11.3 Å². The first-order valence-corrected chi connectivity index (χ1v) is 8.01. The molecule has 0 aliphatic rings. The average Bonchev–Trinajstić information content (AvgIpc) is 2.95. The number of hydrogen-bond acceptors (Lipinski definition) is 5. The number of carbonyl (C=O) groups excluding carboxylic acids is 1. The van der Waals surface area contributed by atoms with Crippen molar-refractivity contribution in [2.45, 2.75) is 20.3 Å². The zero-order chi connectivity index (χ0) is 17.8. The molecule has 0 saturated carbocycles. The van der Waals surface area contributed by atoms with Crippen LogP contribution >= 0.6 is 0 Å². The van der Waals surface area contributed by atoms with Gasteiger partial charge in [-0.15, -0.1) is 0 Å². The summed E-state index contributed by atoms with van der Waals surface area (Å²) in [6.07, 6.45) is 0.676. The average molecular weight is 337 g/mol. The van der Waals surface area contributed by atoms with Gasteiger partial charge in [0.15, 0.2) is 0 Å². The number of pyridine rings is 1. The Morgan fingerprint density at radius 1 is 1.16 bits per heavy atom. The summed E-state index contributed by atoms with van der Waals surface area (Å²) in [7, 11) is 0. The van der Waals surface area contributed by atoms with E-state index in [9.17, 15) is 9.90 Å². The minimum Gasteiger partial charge on any atom is -0.508 e. The van der Waals surface area contributed by atoms with Gasteiger partial charge in [0.05, 0.1) is 17.0 Å². The number of benzene rings is 1. The van der Waals surface area contributed by atoms with E-state index in [1.165, 1.54) is 0 Å². The predicted octanol–water partition coefficient (Wildman–Crippen LogP) is 3.03. The van der Waals surface area contributed by atoms with Crippen LogP contribution in [-0.4, -0.2) is 27.7 Å². The van der Waals surface area contributed by atoms with E-state index in [2.05, 4.69) is 15.5 Å². The number of aromatic hydroxyl groups is 1. The predicted molar refractivity (Wildman–Crippen MR) is 93.4 cm³/mol. The van der Waals surface area contributed by atoms with Gasteiger partial charge in [-0.25, -0.2) is 4.98 Å². The van der Waals surface area contributed by atoms with Gasteiger partial charge in [0.2, 0.25) is 0 Å². The minimum absolute atomic E-state index is 0.229. The molecular formula is C19H19N3O3. The number of phenols is 1. The standard InChI is InChI=1S/C19H19N3O3/c1-12-18(13(2)25-22-12)16-4-3-5-17(21-16)19(24)20-11-10-14-6-8-15(23)9-7-14/h3-9,23H,10-11H2,1-2H3,(H,20,24). The highest BCUT2D eigenvalue weighted by atomic mass is 16.5. The number of nitrogens with one attached hydrogen (secondary N) is 1. The van der Waals surface area contributed by atoms with Gasteiger partial charge in [-0.3, -0.25) is 4.79 Å². The summed E-state index contributed by atoms with van der Waals surface area (Å²) < 4.78 is 5.16. The van der Waals surface area contributed by atoms with Crippen molar-refractivity contribution >= 4 is 5.91 Å². The first kappa shape index (κ1) is 16.7. The number of hydrogen-bond donors (Lipinski definition) is 2. The molecule has 25 heavy (non-hydrogen) atoms. The van der Waals surface area contributed by atoms with Crippen molar-refractivity contribution in [2.75, 3.05) is 6.54 Å². The molecule has 0 aliphatic carbocycles. The third kappa shape index (κ3) is 3.85. The van der Waals surface area contributed by atoms with Crippen LogP contribution in [0.2, 0.25) is 0 Å². The maximum Gasteiger partial charge on any atom is 0.269 e. The molecule has 2 heterocycles. The van der Waals surface area contributed by atoms with Crippen molar-refractivity contribution < 1.29 is 14.4 Å². The molecule has 0 atom stereocenters. The zero-order valence-electron chi connectivity index (χ0n) is 14.1. The summed E-state index contributed by atoms with van der Waals surface area (Å²) in [5.41, 5.74) is 3.62. The van der Waals surface area contributed by atoms with Gasteiger partial charge in [-0.05, 0) is 50.1 Å². The summed E-state index contributed by atoms with van der Waals surface area (Å²) >= 11 is 0. The molecule has 6 heteroatoms. The van der Waals surface area contributed by atoms with Crippen molar-refractivity contribution in [1.82, 2.24) is 15.5 Å². The molecule has 0 unspecified atom stereocenters. The second kappa shape index (κ2) is 7.17. The van der Waals surface area contributed by atoms with E-state index in [-0.39, 0.29) is 11.7 Å². The molecule has 2 aromatic heterocycles. The summed E-state index contributed by atoms with van der Waals surface area (Å²) in [5.74, 6) is 0.676. The Kier molecular flexibility index (Phi) is 4.79. The lowest BCUT2D eigenvalue weighted by molar-refractivity contribution is 0.0949. The highest BCUT2D eigenvalue weighted by Gasteiger charge is 2.15. The smallest absolute Gasteiger partial charge is 0.269 e. The highest BCUT2D eigenvalue weighted by molar-refractivity contribution is 5.92. The third-order valence-electron chi connectivity index (χ3n) is 3.91. The Bertz CT molecular complexity index is 866. The van der Waals surface area contributed by atoms with Crippen LogP contribution < -0.4 is 5.32 Å². The van der Waals surface area contributed by atoms with Crippen molar-refractivity contribution in [3.05, 3.63) is 65.2 Å².